The monoisotopic (exact) mass is 290 g/mol. The standard InChI is InChI=1S/C19H30O2/c20-5-3-10-7-11-8-15(10)19-16(11)9-17-12-1-2-14(18(17)19)13(12)4-6-21/h10-21H,1-9H2. The molecule has 0 aromatic carbocycles. The first-order chi connectivity index (χ1) is 10.3. The zero-order valence-electron chi connectivity index (χ0n) is 13.0. The van der Waals surface area contributed by atoms with E-state index in [4.69, 9.17) is 0 Å². The first-order valence-electron chi connectivity index (χ1n) is 9.55. The fourth-order valence-corrected chi connectivity index (χ4v) is 8.61. The largest absolute Gasteiger partial charge is 0.396 e. The van der Waals surface area contributed by atoms with Gasteiger partial charge < -0.3 is 10.2 Å². The molecule has 0 aromatic heterocycles. The number of fused-ring (bicyclic) bond motifs is 11. The van der Waals surface area contributed by atoms with E-state index in [0.717, 1.165) is 72.0 Å². The van der Waals surface area contributed by atoms with Crippen LogP contribution in [-0.2, 0) is 0 Å². The van der Waals surface area contributed by atoms with Gasteiger partial charge in [0.25, 0.3) is 0 Å². The molecule has 10 unspecified atom stereocenters. The van der Waals surface area contributed by atoms with E-state index in [2.05, 4.69) is 0 Å². The van der Waals surface area contributed by atoms with Gasteiger partial charge in [-0.15, -0.1) is 0 Å². The molecular weight excluding hydrogens is 260 g/mol. The lowest BCUT2D eigenvalue weighted by molar-refractivity contribution is 0.0941. The predicted octanol–water partition coefficient (Wildman–Crippen LogP) is 2.93. The zero-order chi connectivity index (χ0) is 14.1. The van der Waals surface area contributed by atoms with Gasteiger partial charge in [-0.05, 0) is 104 Å². The maximum absolute atomic E-state index is 9.43. The van der Waals surface area contributed by atoms with Crippen molar-refractivity contribution in [1.82, 2.24) is 0 Å². The van der Waals surface area contributed by atoms with Crippen LogP contribution >= 0.6 is 0 Å². The molecule has 5 rings (SSSR count). The van der Waals surface area contributed by atoms with Crippen LogP contribution < -0.4 is 0 Å². The number of aliphatic hydroxyl groups is 2. The zero-order valence-corrected chi connectivity index (χ0v) is 13.0. The summed E-state index contributed by atoms with van der Waals surface area (Å²) < 4.78 is 0. The Morgan fingerprint density at radius 1 is 0.667 bits per heavy atom. The number of hydrogen-bond donors (Lipinski definition) is 2. The minimum atomic E-state index is 0.401. The SMILES string of the molecule is OCCC1CC2CC1C1C2CC2C3CCC(C3CCO)C21. The van der Waals surface area contributed by atoms with Gasteiger partial charge in [-0.25, -0.2) is 0 Å². The Kier molecular flexibility index (Phi) is 3.00. The van der Waals surface area contributed by atoms with Gasteiger partial charge in [0.1, 0.15) is 0 Å². The third-order valence-electron chi connectivity index (χ3n) is 8.80. The molecule has 5 fully saturated rings. The van der Waals surface area contributed by atoms with E-state index in [-0.39, 0.29) is 0 Å². The highest BCUT2D eigenvalue weighted by molar-refractivity contribution is 5.15. The summed E-state index contributed by atoms with van der Waals surface area (Å²) >= 11 is 0. The molecule has 2 N–H and O–H groups in total. The highest BCUT2D eigenvalue weighted by Crippen LogP contribution is 2.73. The summed E-state index contributed by atoms with van der Waals surface area (Å²) in [6.07, 6.45) is 9.52. The summed E-state index contributed by atoms with van der Waals surface area (Å²) in [7, 11) is 0. The van der Waals surface area contributed by atoms with Crippen LogP contribution in [0.5, 0.6) is 0 Å². The van der Waals surface area contributed by atoms with Gasteiger partial charge in [0, 0.05) is 13.2 Å². The topological polar surface area (TPSA) is 40.5 Å². The van der Waals surface area contributed by atoms with E-state index in [1.165, 1.54) is 32.1 Å². The van der Waals surface area contributed by atoms with Crippen molar-refractivity contribution in [2.24, 2.45) is 59.2 Å². The van der Waals surface area contributed by atoms with Crippen molar-refractivity contribution in [3.05, 3.63) is 0 Å². The van der Waals surface area contributed by atoms with Crippen molar-refractivity contribution in [3.63, 3.8) is 0 Å². The average molecular weight is 290 g/mol. The molecule has 10 atom stereocenters. The molecule has 0 aliphatic heterocycles. The van der Waals surface area contributed by atoms with Crippen LogP contribution in [0.4, 0.5) is 0 Å². The van der Waals surface area contributed by atoms with Crippen molar-refractivity contribution in [2.75, 3.05) is 13.2 Å². The highest BCUT2D eigenvalue weighted by Gasteiger charge is 2.67. The van der Waals surface area contributed by atoms with Crippen molar-refractivity contribution in [3.8, 4) is 0 Å². The second-order valence-electron chi connectivity index (χ2n) is 8.97. The molecule has 118 valence electrons. The van der Waals surface area contributed by atoms with Gasteiger partial charge >= 0.3 is 0 Å². The number of rotatable bonds is 4. The Morgan fingerprint density at radius 2 is 1.43 bits per heavy atom. The van der Waals surface area contributed by atoms with Crippen LogP contribution in [0.15, 0.2) is 0 Å². The summed E-state index contributed by atoms with van der Waals surface area (Å²) in [6, 6.07) is 0. The minimum absolute atomic E-state index is 0.401. The molecule has 5 aliphatic rings. The molecule has 2 heteroatoms. The second-order valence-corrected chi connectivity index (χ2v) is 8.97. The fourth-order valence-electron chi connectivity index (χ4n) is 8.61. The van der Waals surface area contributed by atoms with E-state index in [1.54, 1.807) is 0 Å². The van der Waals surface area contributed by atoms with E-state index in [9.17, 15) is 10.2 Å². The highest BCUT2D eigenvalue weighted by atomic mass is 16.3. The molecule has 5 aliphatic carbocycles. The van der Waals surface area contributed by atoms with Gasteiger partial charge in [-0.3, -0.25) is 0 Å². The molecule has 0 radical (unpaired) electrons. The lowest BCUT2D eigenvalue weighted by Gasteiger charge is -2.37. The van der Waals surface area contributed by atoms with Gasteiger partial charge in [0.2, 0.25) is 0 Å². The van der Waals surface area contributed by atoms with Crippen molar-refractivity contribution >= 4 is 0 Å². The van der Waals surface area contributed by atoms with Crippen LogP contribution in [0, 0.1) is 59.2 Å². The predicted molar refractivity (Wildman–Crippen MR) is 81.4 cm³/mol. The third kappa shape index (κ3) is 1.62. The molecule has 0 aromatic rings. The van der Waals surface area contributed by atoms with Crippen LogP contribution in [0.25, 0.3) is 0 Å². The molecule has 0 heterocycles. The molecule has 4 bridgehead atoms. The fraction of sp³-hybridized carbons (Fsp3) is 1.00. The lowest BCUT2D eigenvalue weighted by atomic mass is 9.68. The second kappa shape index (κ2) is 4.71. The van der Waals surface area contributed by atoms with Gasteiger partial charge in [-0.2, -0.15) is 0 Å². The Balaban J connectivity index is 1.42. The summed E-state index contributed by atoms with van der Waals surface area (Å²) in [4.78, 5) is 0. The Hall–Kier alpha value is -0.0800. The molecule has 2 nitrogen and oxygen atoms in total. The van der Waals surface area contributed by atoms with Crippen molar-refractivity contribution in [2.45, 2.75) is 44.9 Å². The molecule has 5 saturated carbocycles. The van der Waals surface area contributed by atoms with Crippen molar-refractivity contribution in [1.29, 1.82) is 0 Å². The van der Waals surface area contributed by atoms with Crippen LogP contribution in [-0.4, -0.2) is 23.4 Å². The maximum Gasteiger partial charge on any atom is 0.0433 e. The molecule has 0 spiro atoms. The average Bonchev–Trinajstić information content (AvgIpc) is 3.20. The van der Waals surface area contributed by atoms with Crippen molar-refractivity contribution < 1.29 is 10.2 Å². The quantitative estimate of drug-likeness (QED) is 0.836. The first-order valence-corrected chi connectivity index (χ1v) is 9.55. The van der Waals surface area contributed by atoms with Gasteiger partial charge in [0.05, 0.1) is 0 Å². The third-order valence-corrected chi connectivity index (χ3v) is 8.80. The minimum Gasteiger partial charge on any atom is -0.396 e. The maximum atomic E-state index is 9.43. The molecule has 0 amide bonds. The van der Waals surface area contributed by atoms with Crippen LogP contribution in [0.2, 0.25) is 0 Å². The summed E-state index contributed by atoms with van der Waals surface area (Å²) in [6.45, 7) is 0.808. The summed E-state index contributed by atoms with van der Waals surface area (Å²) in [5, 5.41) is 18.8. The first kappa shape index (κ1) is 13.4. The molecular formula is C19H30O2. The Bertz CT molecular complexity index is 417. The Morgan fingerprint density at radius 3 is 2.24 bits per heavy atom. The van der Waals surface area contributed by atoms with E-state index in [1.807, 2.05) is 0 Å². The lowest BCUT2D eigenvalue weighted by Crippen LogP contribution is -2.32. The van der Waals surface area contributed by atoms with Crippen LogP contribution in [0.1, 0.15) is 44.9 Å². The number of hydrogen-bond acceptors (Lipinski definition) is 2. The van der Waals surface area contributed by atoms with Crippen LogP contribution in [0.3, 0.4) is 0 Å². The Labute approximate surface area is 128 Å². The van der Waals surface area contributed by atoms with Gasteiger partial charge in [-0.1, -0.05) is 0 Å². The molecule has 0 saturated heterocycles. The summed E-state index contributed by atoms with van der Waals surface area (Å²) in [5.74, 6) is 9.70. The van der Waals surface area contributed by atoms with Gasteiger partial charge in [0.15, 0.2) is 0 Å². The normalized spacial score (nSPS) is 59.7. The smallest absolute Gasteiger partial charge is 0.0433 e. The summed E-state index contributed by atoms with van der Waals surface area (Å²) in [5.41, 5.74) is 0. The van der Waals surface area contributed by atoms with E-state index >= 15 is 0 Å². The van der Waals surface area contributed by atoms with E-state index < -0.39 is 0 Å². The number of aliphatic hydroxyl groups excluding tert-OH is 2. The molecule has 21 heavy (non-hydrogen) atoms. The van der Waals surface area contributed by atoms with E-state index in [0.29, 0.717) is 13.2 Å².